The van der Waals surface area contributed by atoms with Crippen molar-refractivity contribution >= 4 is 29.3 Å². The Balaban J connectivity index is 2.30. The van der Waals surface area contributed by atoms with Gasteiger partial charge in [-0.05, 0) is 34.5 Å². The van der Waals surface area contributed by atoms with E-state index in [0.29, 0.717) is 10.2 Å². The molecule has 0 fully saturated rings. The molecule has 0 saturated carbocycles. The average molecular weight is 340 g/mol. The van der Waals surface area contributed by atoms with Gasteiger partial charge in [0.1, 0.15) is 0 Å². The van der Waals surface area contributed by atoms with Gasteiger partial charge >= 0.3 is 0 Å². The lowest BCUT2D eigenvalue weighted by atomic mass is 10.1. The van der Waals surface area contributed by atoms with Crippen molar-refractivity contribution in [3.05, 3.63) is 29.3 Å². The van der Waals surface area contributed by atoms with E-state index < -0.39 is 0 Å². The lowest BCUT2D eigenvalue weighted by Gasteiger charge is -2.22. The highest BCUT2D eigenvalue weighted by Crippen LogP contribution is 2.29. The molecule has 0 aliphatic carbocycles. The summed E-state index contributed by atoms with van der Waals surface area (Å²) in [5.41, 5.74) is 0.764. The van der Waals surface area contributed by atoms with Crippen molar-refractivity contribution in [2.75, 3.05) is 14.1 Å². The smallest absolute Gasteiger partial charge is 0.235 e. The second-order valence-corrected chi connectivity index (χ2v) is 6.91. The van der Waals surface area contributed by atoms with Gasteiger partial charge in [-0.1, -0.05) is 43.3 Å². The van der Waals surface area contributed by atoms with Crippen LogP contribution in [-0.2, 0) is 4.79 Å². The van der Waals surface area contributed by atoms with Gasteiger partial charge in [0.05, 0.1) is 10.9 Å². The molecule has 0 bridgehead atoms. The van der Waals surface area contributed by atoms with Crippen molar-refractivity contribution < 1.29 is 4.79 Å². The fraction of sp³-hybridized carbons (Fsp3) is 0.429. The summed E-state index contributed by atoms with van der Waals surface area (Å²) in [6.45, 7) is 4.01. The number of hydrogen-bond acceptors (Lipinski definition) is 5. The summed E-state index contributed by atoms with van der Waals surface area (Å²) >= 11 is 7.37. The van der Waals surface area contributed by atoms with Crippen molar-refractivity contribution in [3.63, 3.8) is 0 Å². The van der Waals surface area contributed by atoms with Crippen LogP contribution in [0.15, 0.2) is 29.4 Å². The summed E-state index contributed by atoms with van der Waals surface area (Å²) in [5.74, 6) is 0.199. The summed E-state index contributed by atoms with van der Waals surface area (Å²) < 4.78 is 1.59. The number of carbonyl (C=O) groups excluding carboxylic acids is 1. The first-order valence-electron chi connectivity index (χ1n) is 6.82. The molecule has 1 aromatic carbocycles. The number of carbonyl (C=O) groups is 1. The first-order valence-corrected chi connectivity index (χ1v) is 8.08. The van der Waals surface area contributed by atoms with Crippen LogP contribution in [0.5, 0.6) is 0 Å². The second-order valence-electron chi connectivity index (χ2n) is 5.37. The van der Waals surface area contributed by atoms with Gasteiger partial charge in [-0.2, -0.15) is 4.68 Å². The van der Waals surface area contributed by atoms with Gasteiger partial charge in [-0.15, -0.1) is 5.10 Å². The lowest BCUT2D eigenvalue weighted by Crippen LogP contribution is -2.35. The van der Waals surface area contributed by atoms with Crippen molar-refractivity contribution in [2.45, 2.75) is 24.3 Å². The van der Waals surface area contributed by atoms with Crippen LogP contribution in [0.25, 0.3) is 5.69 Å². The molecule has 0 aliphatic rings. The van der Waals surface area contributed by atoms with Crippen LogP contribution in [-0.4, -0.2) is 50.4 Å². The van der Waals surface area contributed by atoms with E-state index in [1.807, 2.05) is 26.0 Å². The fourth-order valence-corrected chi connectivity index (χ4v) is 3.18. The van der Waals surface area contributed by atoms with Crippen LogP contribution < -0.4 is 0 Å². The topological polar surface area (TPSA) is 63.9 Å². The minimum atomic E-state index is -0.251. The molecule has 2 aromatic rings. The summed E-state index contributed by atoms with van der Waals surface area (Å²) in [4.78, 5) is 13.9. The number of thioether (sulfide) groups is 1. The van der Waals surface area contributed by atoms with E-state index in [-0.39, 0.29) is 17.1 Å². The molecule has 0 aliphatic heterocycles. The molecule has 118 valence electrons. The monoisotopic (exact) mass is 339 g/mol. The summed E-state index contributed by atoms with van der Waals surface area (Å²) in [5, 5.41) is 12.7. The number of amides is 1. The van der Waals surface area contributed by atoms with E-state index in [1.165, 1.54) is 11.8 Å². The van der Waals surface area contributed by atoms with E-state index in [1.54, 1.807) is 35.8 Å². The standard InChI is InChI=1S/C14H18ClN5OS/c1-9(2)12(13(21)19(3)4)22-14-16-17-18-20(14)11-7-5-6-10(15)8-11/h5-9,12H,1-4H3. The molecule has 1 heterocycles. The first-order chi connectivity index (χ1) is 10.4. The van der Waals surface area contributed by atoms with Gasteiger partial charge in [-0.3, -0.25) is 4.79 Å². The van der Waals surface area contributed by atoms with Gasteiger partial charge in [-0.25, -0.2) is 0 Å². The molecule has 22 heavy (non-hydrogen) atoms. The molecule has 0 radical (unpaired) electrons. The number of benzene rings is 1. The van der Waals surface area contributed by atoms with Crippen molar-refractivity contribution in [3.8, 4) is 5.69 Å². The Labute approximate surface area is 138 Å². The summed E-state index contributed by atoms with van der Waals surface area (Å²) in [7, 11) is 3.50. The Morgan fingerprint density at radius 3 is 2.68 bits per heavy atom. The zero-order chi connectivity index (χ0) is 16.3. The highest BCUT2D eigenvalue weighted by atomic mass is 35.5. The largest absolute Gasteiger partial charge is 0.348 e. The molecule has 2 rings (SSSR count). The predicted octanol–water partition coefficient (Wildman–Crippen LogP) is 2.52. The first kappa shape index (κ1) is 16.8. The molecular formula is C14H18ClN5OS. The van der Waals surface area contributed by atoms with Crippen LogP contribution in [0.2, 0.25) is 5.02 Å². The molecule has 1 aromatic heterocycles. The Kier molecular flexibility index (Phi) is 5.42. The van der Waals surface area contributed by atoms with E-state index in [2.05, 4.69) is 15.5 Å². The number of halogens is 1. The molecular weight excluding hydrogens is 322 g/mol. The van der Waals surface area contributed by atoms with Crippen LogP contribution in [0, 0.1) is 5.92 Å². The molecule has 0 spiro atoms. The maximum atomic E-state index is 12.3. The van der Waals surface area contributed by atoms with Gasteiger partial charge in [0.25, 0.3) is 0 Å². The maximum Gasteiger partial charge on any atom is 0.235 e. The average Bonchev–Trinajstić information content (AvgIpc) is 2.91. The Morgan fingerprint density at radius 1 is 1.36 bits per heavy atom. The molecule has 1 unspecified atom stereocenters. The predicted molar refractivity (Wildman–Crippen MR) is 87.3 cm³/mol. The number of aromatic nitrogens is 4. The minimum absolute atomic E-state index is 0.0423. The zero-order valence-electron chi connectivity index (χ0n) is 12.9. The molecule has 1 amide bonds. The quantitative estimate of drug-likeness (QED) is 0.783. The minimum Gasteiger partial charge on any atom is -0.348 e. The SMILES string of the molecule is CC(C)C(Sc1nnnn1-c1cccc(Cl)c1)C(=O)N(C)C. The van der Waals surface area contributed by atoms with E-state index >= 15 is 0 Å². The fourth-order valence-electron chi connectivity index (χ4n) is 1.86. The van der Waals surface area contributed by atoms with E-state index in [4.69, 9.17) is 11.6 Å². The molecule has 8 heteroatoms. The van der Waals surface area contributed by atoms with Gasteiger partial charge in [0.2, 0.25) is 11.1 Å². The number of tetrazole rings is 1. The van der Waals surface area contributed by atoms with Gasteiger partial charge in [0.15, 0.2) is 0 Å². The zero-order valence-corrected chi connectivity index (χ0v) is 14.5. The third-order valence-corrected chi connectivity index (χ3v) is 4.72. The Morgan fingerprint density at radius 2 is 2.09 bits per heavy atom. The van der Waals surface area contributed by atoms with Crippen molar-refractivity contribution in [1.82, 2.24) is 25.1 Å². The summed E-state index contributed by atoms with van der Waals surface area (Å²) in [6, 6.07) is 7.26. The van der Waals surface area contributed by atoms with Gasteiger partial charge < -0.3 is 4.90 Å². The third-order valence-electron chi connectivity index (χ3n) is 3.02. The Hall–Kier alpha value is -1.60. The lowest BCUT2D eigenvalue weighted by molar-refractivity contribution is -0.128. The summed E-state index contributed by atoms with van der Waals surface area (Å²) in [6.07, 6.45) is 0. The van der Waals surface area contributed by atoms with Crippen molar-refractivity contribution in [2.24, 2.45) is 5.92 Å². The molecule has 6 nitrogen and oxygen atoms in total. The van der Waals surface area contributed by atoms with Crippen LogP contribution in [0.4, 0.5) is 0 Å². The number of rotatable bonds is 5. The molecule has 0 saturated heterocycles. The van der Waals surface area contributed by atoms with E-state index in [0.717, 1.165) is 5.69 Å². The van der Waals surface area contributed by atoms with Crippen LogP contribution in [0.1, 0.15) is 13.8 Å². The highest BCUT2D eigenvalue weighted by Gasteiger charge is 2.27. The third kappa shape index (κ3) is 3.78. The molecule has 1 atom stereocenters. The van der Waals surface area contributed by atoms with E-state index in [9.17, 15) is 4.79 Å². The van der Waals surface area contributed by atoms with Crippen molar-refractivity contribution in [1.29, 1.82) is 0 Å². The number of nitrogens with zero attached hydrogens (tertiary/aromatic N) is 5. The normalized spacial score (nSPS) is 12.5. The van der Waals surface area contributed by atoms with Crippen LogP contribution in [0.3, 0.4) is 0 Å². The second kappa shape index (κ2) is 7.11. The van der Waals surface area contributed by atoms with Crippen LogP contribution >= 0.6 is 23.4 Å². The maximum absolute atomic E-state index is 12.3. The molecule has 0 N–H and O–H groups in total. The number of hydrogen-bond donors (Lipinski definition) is 0. The Bertz CT molecular complexity index is 658. The highest BCUT2D eigenvalue weighted by molar-refractivity contribution is 8.00. The van der Waals surface area contributed by atoms with Gasteiger partial charge in [0, 0.05) is 19.1 Å².